The number of nitrogens with zero attached hydrogens (tertiary/aromatic N) is 1. The number of amides is 2. The van der Waals surface area contributed by atoms with Gasteiger partial charge in [0.25, 0.3) is 0 Å². The molecular weight excluding hydrogens is 416 g/mol. The Morgan fingerprint density at radius 2 is 1.68 bits per heavy atom. The van der Waals surface area contributed by atoms with E-state index >= 15 is 0 Å². The lowest BCUT2D eigenvalue weighted by Gasteiger charge is -2.23. The number of thioether (sulfide) groups is 1. The van der Waals surface area contributed by atoms with E-state index in [0.717, 1.165) is 27.2 Å². The molecule has 3 rings (SSSR count). The van der Waals surface area contributed by atoms with Crippen molar-refractivity contribution in [1.29, 1.82) is 0 Å². The SMILES string of the molecule is CSCC[C@H](NC(=O)OCC1c2ccccc2-c2ccccc21)C(=O)N(C)CC(=O)O. The summed E-state index contributed by atoms with van der Waals surface area (Å²) in [4.78, 5) is 37.1. The Bertz CT molecular complexity index is 919. The number of carbonyl (C=O) groups excluding carboxylic acids is 2. The third kappa shape index (κ3) is 5.38. The maximum atomic E-state index is 12.6. The number of carboxylic acids is 1. The van der Waals surface area contributed by atoms with Gasteiger partial charge in [-0.3, -0.25) is 9.59 Å². The summed E-state index contributed by atoms with van der Waals surface area (Å²) < 4.78 is 5.52. The summed E-state index contributed by atoms with van der Waals surface area (Å²) in [6, 6.07) is 15.3. The van der Waals surface area contributed by atoms with E-state index in [-0.39, 0.29) is 12.5 Å². The second-order valence-corrected chi connectivity index (χ2v) is 8.38. The maximum absolute atomic E-state index is 12.6. The van der Waals surface area contributed by atoms with Crippen LogP contribution in [0.5, 0.6) is 0 Å². The van der Waals surface area contributed by atoms with Gasteiger partial charge < -0.3 is 20.1 Å². The van der Waals surface area contributed by atoms with Crippen LogP contribution in [0.1, 0.15) is 23.5 Å². The van der Waals surface area contributed by atoms with Gasteiger partial charge in [0, 0.05) is 13.0 Å². The number of hydrogen-bond acceptors (Lipinski definition) is 5. The monoisotopic (exact) mass is 442 g/mol. The molecule has 0 heterocycles. The van der Waals surface area contributed by atoms with E-state index in [1.165, 1.54) is 18.8 Å². The zero-order valence-electron chi connectivity index (χ0n) is 17.5. The van der Waals surface area contributed by atoms with Crippen LogP contribution in [0, 0.1) is 0 Å². The second kappa shape index (κ2) is 10.3. The standard InChI is InChI=1S/C23H26N2O5S/c1-25(13-21(26)27)22(28)20(11-12-31-2)24-23(29)30-14-19-17-9-5-3-7-15(17)16-8-4-6-10-18(16)19/h3-10,19-20H,11-14H2,1-2H3,(H,24,29)(H,26,27)/t20-/m0/s1. The number of benzene rings is 2. The number of nitrogens with one attached hydrogen (secondary N) is 1. The molecule has 0 radical (unpaired) electrons. The molecule has 0 unspecified atom stereocenters. The molecule has 7 nitrogen and oxygen atoms in total. The smallest absolute Gasteiger partial charge is 0.407 e. The van der Waals surface area contributed by atoms with Gasteiger partial charge in [0.1, 0.15) is 19.2 Å². The molecule has 0 saturated carbocycles. The van der Waals surface area contributed by atoms with Crippen molar-refractivity contribution in [2.24, 2.45) is 0 Å². The van der Waals surface area contributed by atoms with E-state index in [1.807, 2.05) is 42.7 Å². The molecule has 0 aromatic heterocycles. The highest BCUT2D eigenvalue weighted by Gasteiger charge is 2.30. The minimum absolute atomic E-state index is 0.0758. The second-order valence-electron chi connectivity index (χ2n) is 7.39. The molecule has 1 aliphatic carbocycles. The van der Waals surface area contributed by atoms with E-state index in [2.05, 4.69) is 17.4 Å². The van der Waals surface area contributed by atoms with Gasteiger partial charge in [0.2, 0.25) is 5.91 Å². The predicted octanol–water partition coefficient (Wildman–Crippen LogP) is 3.19. The van der Waals surface area contributed by atoms with Gasteiger partial charge in [-0.2, -0.15) is 11.8 Å². The van der Waals surface area contributed by atoms with E-state index in [1.54, 1.807) is 0 Å². The molecule has 2 aromatic rings. The molecule has 2 aromatic carbocycles. The van der Waals surface area contributed by atoms with Crippen LogP contribution in [-0.4, -0.2) is 66.2 Å². The van der Waals surface area contributed by atoms with Crippen LogP contribution in [-0.2, 0) is 14.3 Å². The summed E-state index contributed by atoms with van der Waals surface area (Å²) in [6.45, 7) is -0.283. The minimum atomic E-state index is -1.11. The molecule has 31 heavy (non-hydrogen) atoms. The lowest BCUT2D eigenvalue weighted by atomic mass is 9.98. The van der Waals surface area contributed by atoms with Gasteiger partial charge in [-0.1, -0.05) is 48.5 Å². The first kappa shape index (κ1) is 22.7. The summed E-state index contributed by atoms with van der Waals surface area (Å²) in [6.07, 6.45) is 1.59. The van der Waals surface area contributed by atoms with E-state index in [9.17, 15) is 14.4 Å². The third-order valence-electron chi connectivity index (χ3n) is 5.29. The van der Waals surface area contributed by atoms with Crippen molar-refractivity contribution in [1.82, 2.24) is 10.2 Å². The Labute approximate surface area is 185 Å². The molecule has 1 atom stereocenters. The summed E-state index contributed by atoms with van der Waals surface area (Å²) >= 11 is 1.54. The van der Waals surface area contributed by atoms with E-state index in [4.69, 9.17) is 9.84 Å². The van der Waals surface area contributed by atoms with Gasteiger partial charge in [-0.05, 0) is 40.7 Å². The number of fused-ring (bicyclic) bond motifs is 3. The fourth-order valence-electron chi connectivity index (χ4n) is 3.82. The first-order valence-corrected chi connectivity index (χ1v) is 11.4. The molecule has 0 aliphatic heterocycles. The topological polar surface area (TPSA) is 95.9 Å². The number of aliphatic carboxylic acids is 1. The van der Waals surface area contributed by atoms with Crippen LogP contribution in [0.2, 0.25) is 0 Å². The van der Waals surface area contributed by atoms with E-state index in [0.29, 0.717) is 12.2 Å². The Morgan fingerprint density at radius 3 is 2.23 bits per heavy atom. The first-order chi connectivity index (χ1) is 14.9. The normalized spacial score (nSPS) is 13.1. The fourth-order valence-corrected chi connectivity index (χ4v) is 4.29. The van der Waals surface area contributed by atoms with Crippen molar-refractivity contribution in [3.8, 4) is 11.1 Å². The van der Waals surface area contributed by atoms with Gasteiger partial charge in [-0.15, -0.1) is 0 Å². The number of ether oxygens (including phenoxy) is 1. The molecular formula is C23H26N2O5S. The summed E-state index contributed by atoms with van der Waals surface area (Å²) in [5, 5.41) is 11.5. The van der Waals surface area contributed by atoms with Crippen LogP contribution in [0.4, 0.5) is 4.79 Å². The average molecular weight is 443 g/mol. The van der Waals surface area contributed by atoms with Crippen molar-refractivity contribution in [2.45, 2.75) is 18.4 Å². The molecule has 1 aliphatic rings. The molecule has 0 fully saturated rings. The van der Waals surface area contributed by atoms with Gasteiger partial charge in [-0.25, -0.2) is 4.79 Å². The first-order valence-electron chi connectivity index (χ1n) is 9.99. The Balaban J connectivity index is 1.66. The summed E-state index contributed by atoms with van der Waals surface area (Å²) in [7, 11) is 1.40. The van der Waals surface area contributed by atoms with Crippen molar-refractivity contribution in [2.75, 3.05) is 32.2 Å². The number of carboxylic acid groups (broad SMARTS) is 1. The number of hydrogen-bond donors (Lipinski definition) is 2. The van der Waals surface area contributed by atoms with Crippen molar-refractivity contribution >= 4 is 29.7 Å². The third-order valence-corrected chi connectivity index (χ3v) is 5.94. The molecule has 2 amide bonds. The molecule has 0 bridgehead atoms. The number of alkyl carbamates (subject to hydrolysis) is 1. The Hall–Kier alpha value is -3.00. The van der Waals surface area contributed by atoms with Crippen LogP contribution in [0.3, 0.4) is 0 Å². The molecule has 2 N–H and O–H groups in total. The zero-order valence-corrected chi connectivity index (χ0v) is 18.4. The van der Waals surface area contributed by atoms with Crippen molar-refractivity contribution in [3.05, 3.63) is 59.7 Å². The number of carbonyl (C=O) groups is 3. The van der Waals surface area contributed by atoms with Crippen LogP contribution < -0.4 is 5.32 Å². The van der Waals surface area contributed by atoms with Crippen LogP contribution >= 0.6 is 11.8 Å². The van der Waals surface area contributed by atoms with E-state index < -0.39 is 30.6 Å². The van der Waals surface area contributed by atoms with Gasteiger partial charge in [0.05, 0.1) is 0 Å². The zero-order chi connectivity index (χ0) is 22.4. The molecule has 8 heteroatoms. The Kier molecular flexibility index (Phi) is 7.57. The largest absolute Gasteiger partial charge is 0.480 e. The maximum Gasteiger partial charge on any atom is 0.407 e. The highest BCUT2D eigenvalue weighted by atomic mass is 32.2. The lowest BCUT2D eigenvalue weighted by molar-refractivity contribution is -0.144. The number of likely N-dealkylation sites (N-methyl/N-ethyl adjacent to an activating group) is 1. The Morgan fingerprint density at radius 1 is 1.10 bits per heavy atom. The summed E-state index contributed by atoms with van der Waals surface area (Å²) in [5.74, 6) is -1.00. The highest BCUT2D eigenvalue weighted by Crippen LogP contribution is 2.44. The molecule has 164 valence electrons. The summed E-state index contributed by atoms with van der Waals surface area (Å²) in [5.41, 5.74) is 4.48. The quantitative estimate of drug-likeness (QED) is 0.619. The lowest BCUT2D eigenvalue weighted by Crippen LogP contribution is -2.49. The minimum Gasteiger partial charge on any atom is -0.480 e. The average Bonchev–Trinajstić information content (AvgIpc) is 3.08. The van der Waals surface area contributed by atoms with Crippen molar-refractivity contribution < 1.29 is 24.2 Å². The molecule has 0 spiro atoms. The molecule has 0 saturated heterocycles. The highest BCUT2D eigenvalue weighted by molar-refractivity contribution is 7.98. The van der Waals surface area contributed by atoms with Gasteiger partial charge in [0.15, 0.2) is 0 Å². The predicted molar refractivity (Wildman–Crippen MR) is 120 cm³/mol. The van der Waals surface area contributed by atoms with Crippen LogP contribution in [0.15, 0.2) is 48.5 Å². The van der Waals surface area contributed by atoms with Crippen LogP contribution in [0.25, 0.3) is 11.1 Å². The number of rotatable bonds is 9. The van der Waals surface area contributed by atoms with Crippen molar-refractivity contribution in [3.63, 3.8) is 0 Å². The van der Waals surface area contributed by atoms with Gasteiger partial charge >= 0.3 is 12.1 Å². The fraction of sp³-hybridized carbons (Fsp3) is 0.348.